The third-order valence-corrected chi connectivity index (χ3v) is 4.97. The molecule has 1 saturated carbocycles. The maximum Gasteiger partial charge on any atom is 0.138 e. The molecule has 0 bridgehead atoms. The second kappa shape index (κ2) is 5.17. The van der Waals surface area contributed by atoms with E-state index < -0.39 is 0 Å². The van der Waals surface area contributed by atoms with Crippen molar-refractivity contribution in [2.24, 2.45) is 0 Å². The number of fused-ring (bicyclic) bond motifs is 1. The Labute approximate surface area is 125 Å². The number of aryl methyl sites for hydroxylation is 1. The molecule has 4 rings (SSSR count). The fraction of sp³-hybridized carbons (Fsp3) is 0.529. The van der Waals surface area contributed by atoms with Crippen molar-refractivity contribution in [3.05, 3.63) is 41.5 Å². The summed E-state index contributed by atoms with van der Waals surface area (Å²) in [6.45, 7) is 3.06. The molecule has 4 nitrogen and oxygen atoms in total. The van der Waals surface area contributed by atoms with Gasteiger partial charge in [0.25, 0.3) is 0 Å². The van der Waals surface area contributed by atoms with Crippen LogP contribution in [0, 0.1) is 6.92 Å². The van der Waals surface area contributed by atoms with Crippen molar-refractivity contribution in [1.82, 2.24) is 14.8 Å². The lowest BCUT2D eigenvalue weighted by Crippen LogP contribution is -2.25. The van der Waals surface area contributed by atoms with Gasteiger partial charge in [0, 0.05) is 24.2 Å². The maximum atomic E-state index is 4.53. The Hall–Kier alpha value is -1.84. The van der Waals surface area contributed by atoms with Gasteiger partial charge in [0.05, 0.1) is 0 Å². The van der Waals surface area contributed by atoms with E-state index >= 15 is 0 Å². The third-order valence-electron chi connectivity index (χ3n) is 4.97. The van der Waals surface area contributed by atoms with Gasteiger partial charge in [-0.05, 0) is 37.8 Å². The van der Waals surface area contributed by atoms with Crippen LogP contribution in [0.1, 0.15) is 54.9 Å². The first-order valence-electron chi connectivity index (χ1n) is 8.06. The van der Waals surface area contributed by atoms with Crippen LogP contribution in [0.25, 0.3) is 0 Å². The molecule has 21 heavy (non-hydrogen) atoms. The van der Waals surface area contributed by atoms with Gasteiger partial charge in [-0.25, -0.2) is 0 Å². The van der Waals surface area contributed by atoms with Crippen LogP contribution in [0.3, 0.4) is 0 Å². The Bertz CT molecular complexity index is 640. The van der Waals surface area contributed by atoms with E-state index in [4.69, 9.17) is 0 Å². The molecule has 4 heteroatoms. The molecular weight excluding hydrogens is 260 g/mol. The summed E-state index contributed by atoms with van der Waals surface area (Å²) in [5.41, 5.74) is 2.67. The van der Waals surface area contributed by atoms with Crippen molar-refractivity contribution in [1.29, 1.82) is 0 Å². The van der Waals surface area contributed by atoms with Crippen LogP contribution in [-0.2, 0) is 6.42 Å². The van der Waals surface area contributed by atoms with Gasteiger partial charge in [-0.3, -0.25) is 0 Å². The van der Waals surface area contributed by atoms with E-state index in [2.05, 4.69) is 51.3 Å². The quantitative estimate of drug-likeness (QED) is 0.917. The molecule has 110 valence electrons. The molecule has 0 spiro atoms. The average Bonchev–Trinajstić information content (AvgIpc) is 3.15. The molecule has 0 radical (unpaired) electrons. The van der Waals surface area contributed by atoms with Gasteiger partial charge in [0.1, 0.15) is 11.6 Å². The van der Waals surface area contributed by atoms with E-state index in [9.17, 15) is 0 Å². The zero-order valence-electron chi connectivity index (χ0n) is 12.5. The summed E-state index contributed by atoms with van der Waals surface area (Å²) in [6, 6.07) is 9.22. The van der Waals surface area contributed by atoms with Gasteiger partial charge >= 0.3 is 0 Å². The number of benzene rings is 1. The Balaban J connectivity index is 1.66. The molecule has 0 saturated heterocycles. The fourth-order valence-electron chi connectivity index (χ4n) is 3.90. The second-order valence-electron chi connectivity index (χ2n) is 6.35. The lowest BCUT2D eigenvalue weighted by molar-refractivity contribution is 0.465. The summed E-state index contributed by atoms with van der Waals surface area (Å²) in [6.07, 6.45) is 6.31. The Morgan fingerprint density at radius 2 is 1.95 bits per heavy atom. The van der Waals surface area contributed by atoms with E-state index in [1.165, 1.54) is 42.8 Å². The first-order chi connectivity index (χ1) is 10.3. The van der Waals surface area contributed by atoms with E-state index in [0.717, 1.165) is 18.8 Å². The van der Waals surface area contributed by atoms with Crippen LogP contribution in [0.2, 0.25) is 0 Å². The number of aromatic nitrogens is 3. The summed E-state index contributed by atoms with van der Waals surface area (Å²) >= 11 is 0. The number of hydrogen-bond acceptors (Lipinski definition) is 3. The van der Waals surface area contributed by atoms with Gasteiger partial charge in [-0.1, -0.05) is 31.0 Å². The van der Waals surface area contributed by atoms with Crippen molar-refractivity contribution in [2.75, 3.05) is 11.9 Å². The van der Waals surface area contributed by atoms with Crippen molar-refractivity contribution in [2.45, 2.75) is 51.0 Å². The van der Waals surface area contributed by atoms with Gasteiger partial charge in [0.2, 0.25) is 0 Å². The molecule has 2 aromatic rings. The lowest BCUT2D eigenvalue weighted by Gasteiger charge is -2.27. The monoisotopic (exact) mass is 282 g/mol. The van der Waals surface area contributed by atoms with Crippen LogP contribution >= 0.6 is 0 Å². The zero-order valence-corrected chi connectivity index (χ0v) is 12.5. The van der Waals surface area contributed by atoms with Crippen molar-refractivity contribution < 1.29 is 0 Å². The number of rotatable bonds is 2. The highest BCUT2D eigenvalue weighted by Gasteiger charge is 2.28. The van der Waals surface area contributed by atoms with Crippen LogP contribution in [0.15, 0.2) is 24.3 Å². The summed E-state index contributed by atoms with van der Waals surface area (Å²) in [5.74, 6) is 2.69. The maximum absolute atomic E-state index is 4.53. The van der Waals surface area contributed by atoms with E-state index in [-0.39, 0.29) is 0 Å². The minimum atomic E-state index is 0.432. The molecule has 2 aliphatic rings. The summed E-state index contributed by atoms with van der Waals surface area (Å²) in [5, 5.41) is 12.5. The van der Waals surface area contributed by atoms with Crippen molar-refractivity contribution >= 4 is 5.69 Å². The van der Waals surface area contributed by atoms with Gasteiger partial charge in [0.15, 0.2) is 0 Å². The van der Waals surface area contributed by atoms with Gasteiger partial charge < -0.3 is 9.88 Å². The number of nitrogens with one attached hydrogen (secondary N) is 1. The molecule has 1 aliphatic carbocycles. The van der Waals surface area contributed by atoms with Crippen LogP contribution < -0.4 is 5.32 Å². The minimum Gasteiger partial charge on any atom is -0.384 e. The van der Waals surface area contributed by atoms with Crippen molar-refractivity contribution in [3.63, 3.8) is 0 Å². The molecular formula is C17H22N4. The first-order valence-corrected chi connectivity index (χ1v) is 8.06. The largest absolute Gasteiger partial charge is 0.384 e. The number of anilines is 1. The molecule has 1 fully saturated rings. The summed E-state index contributed by atoms with van der Waals surface area (Å²) < 4.78 is 2.42. The highest BCUT2D eigenvalue weighted by molar-refractivity contribution is 5.54. The number of para-hydroxylation sites is 1. The predicted octanol–water partition coefficient (Wildman–Crippen LogP) is 3.45. The molecule has 1 N–H and O–H groups in total. The molecule has 1 aromatic heterocycles. The minimum absolute atomic E-state index is 0.432. The van der Waals surface area contributed by atoms with Gasteiger partial charge in [-0.2, -0.15) is 0 Å². The topological polar surface area (TPSA) is 42.7 Å². The van der Waals surface area contributed by atoms with E-state index in [1.54, 1.807) is 0 Å². The fourth-order valence-corrected chi connectivity index (χ4v) is 3.90. The molecule has 0 amide bonds. The molecule has 1 unspecified atom stereocenters. The second-order valence-corrected chi connectivity index (χ2v) is 6.35. The number of hydrogen-bond donors (Lipinski definition) is 1. The molecule has 1 aliphatic heterocycles. The van der Waals surface area contributed by atoms with Crippen LogP contribution in [0.4, 0.5) is 5.69 Å². The van der Waals surface area contributed by atoms with Crippen LogP contribution in [0.5, 0.6) is 0 Å². The predicted molar refractivity (Wildman–Crippen MR) is 83.6 cm³/mol. The SMILES string of the molecule is Cc1nnc(C2CNc3ccccc3C2)n1C1CCCC1. The zero-order chi connectivity index (χ0) is 14.2. The number of nitrogens with zero attached hydrogens (tertiary/aromatic N) is 3. The van der Waals surface area contributed by atoms with E-state index in [1.807, 2.05) is 0 Å². The third kappa shape index (κ3) is 2.23. The lowest BCUT2D eigenvalue weighted by atomic mass is 9.93. The summed E-state index contributed by atoms with van der Waals surface area (Å²) in [4.78, 5) is 0. The highest BCUT2D eigenvalue weighted by atomic mass is 15.3. The summed E-state index contributed by atoms with van der Waals surface area (Å²) in [7, 11) is 0. The van der Waals surface area contributed by atoms with E-state index in [0.29, 0.717) is 12.0 Å². The Kier molecular flexibility index (Phi) is 3.17. The Morgan fingerprint density at radius 3 is 2.81 bits per heavy atom. The Morgan fingerprint density at radius 1 is 1.14 bits per heavy atom. The van der Waals surface area contributed by atoms with Crippen molar-refractivity contribution in [3.8, 4) is 0 Å². The molecule has 1 aromatic carbocycles. The molecule has 1 atom stereocenters. The van der Waals surface area contributed by atoms with Crippen LogP contribution in [-0.4, -0.2) is 21.3 Å². The normalized spacial score (nSPS) is 22.0. The molecule has 2 heterocycles. The van der Waals surface area contributed by atoms with Gasteiger partial charge in [-0.15, -0.1) is 10.2 Å². The highest BCUT2D eigenvalue weighted by Crippen LogP contribution is 2.35. The smallest absolute Gasteiger partial charge is 0.138 e. The standard InChI is InChI=1S/C17H22N4/c1-12-19-20-17(21(12)15-7-3-4-8-15)14-10-13-6-2-5-9-16(13)18-11-14/h2,5-6,9,14-15,18H,3-4,7-8,10-11H2,1H3. The first kappa shape index (κ1) is 12.9. The average molecular weight is 282 g/mol.